The molecule has 1 aromatic carbocycles. The molecular weight excluding hydrogens is 390 g/mol. The zero-order valence-electron chi connectivity index (χ0n) is 16.8. The van der Waals surface area contributed by atoms with Crippen molar-refractivity contribution in [3.05, 3.63) is 59.4 Å². The van der Waals surface area contributed by atoms with Gasteiger partial charge in [0.1, 0.15) is 5.15 Å². The Balaban J connectivity index is 1.96. The fourth-order valence-corrected chi connectivity index (χ4v) is 2.85. The van der Waals surface area contributed by atoms with Gasteiger partial charge in [-0.05, 0) is 43.2 Å². The molecule has 0 bridgehead atoms. The van der Waals surface area contributed by atoms with Crippen LogP contribution in [0.3, 0.4) is 0 Å². The van der Waals surface area contributed by atoms with E-state index in [1.807, 2.05) is 6.92 Å². The molecular formula is C21H26ClN5O2. The van der Waals surface area contributed by atoms with Crippen LogP contribution in [0.1, 0.15) is 25.1 Å². The molecule has 0 saturated carbocycles. The average molecular weight is 416 g/mol. The van der Waals surface area contributed by atoms with E-state index < -0.39 is 0 Å². The highest BCUT2D eigenvalue weighted by Crippen LogP contribution is 2.22. The molecule has 7 nitrogen and oxygen atoms in total. The Morgan fingerprint density at radius 3 is 2.41 bits per heavy atom. The Kier molecular flexibility index (Phi) is 8.03. The van der Waals surface area contributed by atoms with Crippen molar-refractivity contribution in [1.82, 2.24) is 15.1 Å². The van der Waals surface area contributed by atoms with Crippen LogP contribution in [-0.4, -0.2) is 28.3 Å². The molecule has 8 heteroatoms. The van der Waals surface area contributed by atoms with Crippen LogP contribution in [0.15, 0.2) is 43.0 Å². The summed E-state index contributed by atoms with van der Waals surface area (Å²) in [4.78, 5) is 23.8. The third-order valence-electron chi connectivity index (χ3n) is 3.87. The second-order valence-corrected chi connectivity index (χ2v) is 7.25. The Hall–Kier alpha value is -3.06. The first-order valence-corrected chi connectivity index (χ1v) is 9.65. The lowest BCUT2D eigenvalue weighted by atomic mass is 10.2. The standard InChI is InChI=1S/C21H26ClN5O2/c1-5-12-23-21(29)25-17-8-6-16(7-9-17)24-19(28)11-10-18-15(4)26-27(20(18)22)13-14(2)3/h5-11,14H,1,12-13H2,2-4H3,(H,24,28)(H2,23,25,29)/b11-10+. The first-order chi connectivity index (χ1) is 13.8. The van der Waals surface area contributed by atoms with Crippen molar-refractivity contribution in [2.75, 3.05) is 17.2 Å². The number of benzene rings is 1. The summed E-state index contributed by atoms with van der Waals surface area (Å²) in [7, 11) is 0. The lowest BCUT2D eigenvalue weighted by Crippen LogP contribution is -2.28. The number of carbonyl (C=O) groups is 2. The zero-order valence-corrected chi connectivity index (χ0v) is 17.6. The van der Waals surface area contributed by atoms with Gasteiger partial charge >= 0.3 is 6.03 Å². The van der Waals surface area contributed by atoms with E-state index in [0.29, 0.717) is 35.5 Å². The Bertz CT molecular complexity index is 901. The molecule has 0 aliphatic rings. The average Bonchev–Trinajstić information content (AvgIpc) is 2.92. The maximum absolute atomic E-state index is 12.2. The van der Waals surface area contributed by atoms with Crippen molar-refractivity contribution < 1.29 is 9.59 Å². The monoisotopic (exact) mass is 415 g/mol. The number of urea groups is 1. The van der Waals surface area contributed by atoms with Crippen LogP contribution in [-0.2, 0) is 11.3 Å². The van der Waals surface area contributed by atoms with Crippen molar-refractivity contribution in [3.63, 3.8) is 0 Å². The molecule has 0 aliphatic carbocycles. The van der Waals surface area contributed by atoms with Gasteiger partial charge in [-0.1, -0.05) is 31.5 Å². The number of aryl methyl sites for hydroxylation is 1. The minimum absolute atomic E-state index is 0.290. The molecule has 1 aromatic heterocycles. The third-order valence-corrected chi connectivity index (χ3v) is 4.26. The molecule has 0 saturated heterocycles. The maximum atomic E-state index is 12.2. The summed E-state index contributed by atoms with van der Waals surface area (Å²) >= 11 is 6.38. The predicted molar refractivity (Wildman–Crippen MR) is 118 cm³/mol. The Labute approximate surface area is 175 Å². The first-order valence-electron chi connectivity index (χ1n) is 9.28. The van der Waals surface area contributed by atoms with Crippen LogP contribution in [0.4, 0.5) is 16.2 Å². The molecule has 0 aliphatic heterocycles. The van der Waals surface area contributed by atoms with Crippen molar-refractivity contribution in [2.24, 2.45) is 5.92 Å². The molecule has 3 N–H and O–H groups in total. The van der Waals surface area contributed by atoms with Crippen LogP contribution < -0.4 is 16.0 Å². The number of rotatable bonds is 8. The quantitative estimate of drug-likeness (QED) is 0.439. The van der Waals surface area contributed by atoms with Gasteiger partial charge in [-0.3, -0.25) is 9.48 Å². The number of nitrogens with one attached hydrogen (secondary N) is 3. The van der Waals surface area contributed by atoms with E-state index in [9.17, 15) is 9.59 Å². The minimum atomic E-state index is -0.324. The second kappa shape index (κ2) is 10.5. The SMILES string of the molecule is C=CCNC(=O)Nc1ccc(NC(=O)/C=C/c2c(C)nn(CC(C)C)c2Cl)cc1. The van der Waals surface area contributed by atoms with Crippen molar-refractivity contribution >= 4 is 41.0 Å². The summed E-state index contributed by atoms with van der Waals surface area (Å²) in [6.07, 6.45) is 4.68. The predicted octanol–water partition coefficient (Wildman–Crippen LogP) is 4.46. The van der Waals surface area contributed by atoms with Gasteiger partial charge in [-0.15, -0.1) is 6.58 Å². The molecule has 1 heterocycles. The number of anilines is 2. The van der Waals surface area contributed by atoms with E-state index in [2.05, 4.69) is 41.5 Å². The van der Waals surface area contributed by atoms with Gasteiger partial charge in [0.2, 0.25) is 5.91 Å². The van der Waals surface area contributed by atoms with Crippen molar-refractivity contribution in [2.45, 2.75) is 27.3 Å². The number of hydrogen-bond donors (Lipinski definition) is 3. The number of nitrogens with zero attached hydrogens (tertiary/aromatic N) is 2. The van der Waals surface area contributed by atoms with Gasteiger partial charge in [0, 0.05) is 36.1 Å². The first kappa shape index (κ1) is 22.2. The van der Waals surface area contributed by atoms with Crippen LogP contribution >= 0.6 is 11.6 Å². The lowest BCUT2D eigenvalue weighted by Gasteiger charge is -2.07. The lowest BCUT2D eigenvalue weighted by molar-refractivity contribution is -0.111. The molecule has 2 rings (SSSR count). The van der Waals surface area contributed by atoms with Crippen LogP contribution in [0.5, 0.6) is 0 Å². The van der Waals surface area contributed by atoms with Gasteiger partial charge in [0.05, 0.1) is 5.69 Å². The highest BCUT2D eigenvalue weighted by Gasteiger charge is 2.12. The number of amides is 3. The zero-order chi connectivity index (χ0) is 21.4. The summed E-state index contributed by atoms with van der Waals surface area (Å²) in [5, 5.41) is 13.0. The van der Waals surface area contributed by atoms with Crippen LogP contribution in [0.2, 0.25) is 5.15 Å². The van der Waals surface area contributed by atoms with Gasteiger partial charge in [0.15, 0.2) is 0 Å². The fourth-order valence-electron chi connectivity index (χ4n) is 2.54. The van der Waals surface area contributed by atoms with E-state index in [4.69, 9.17) is 11.6 Å². The Morgan fingerprint density at radius 1 is 1.21 bits per heavy atom. The smallest absolute Gasteiger partial charge is 0.319 e. The van der Waals surface area contributed by atoms with E-state index in [1.165, 1.54) is 6.08 Å². The second-order valence-electron chi connectivity index (χ2n) is 6.89. The van der Waals surface area contributed by atoms with Crippen LogP contribution in [0, 0.1) is 12.8 Å². The number of aromatic nitrogens is 2. The van der Waals surface area contributed by atoms with E-state index in [1.54, 1.807) is 41.1 Å². The van der Waals surface area contributed by atoms with Crippen molar-refractivity contribution in [3.8, 4) is 0 Å². The summed E-state index contributed by atoms with van der Waals surface area (Å²) in [5.41, 5.74) is 2.72. The fraction of sp³-hybridized carbons (Fsp3) is 0.286. The molecule has 2 aromatic rings. The summed E-state index contributed by atoms with van der Waals surface area (Å²) in [5.74, 6) is 0.124. The summed E-state index contributed by atoms with van der Waals surface area (Å²) in [6.45, 7) is 10.7. The van der Waals surface area contributed by atoms with Crippen LogP contribution in [0.25, 0.3) is 6.08 Å². The van der Waals surface area contributed by atoms with E-state index in [-0.39, 0.29) is 11.9 Å². The van der Waals surface area contributed by atoms with E-state index in [0.717, 1.165) is 11.3 Å². The third kappa shape index (κ3) is 6.80. The van der Waals surface area contributed by atoms with E-state index >= 15 is 0 Å². The minimum Gasteiger partial charge on any atom is -0.334 e. The highest BCUT2D eigenvalue weighted by molar-refractivity contribution is 6.31. The van der Waals surface area contributed by atoms with Gasteiger partial charge in [0.25, 0.3) is 0 Å². The Morgan fingerprint density at radius 2 is 1.83 bits per heavy atom. The highest BCUT2D eigenvalue weighted by atomic mass is 35.5. The molecule has 0 atom stereocenters. The van der Waals surface area contributed by atoms with Crippen molar-refractivity contribution in [1.29, 1.82) is 0 Å². The molecule has 0 fully saturated rings. The molecule has 0 unspecified atom stereocenters. The summed E-state index contributed by atoms with van der Waals surface area (Å²) < 4.78 is 1.75. The maximum Gasteiger partial charge on any atom is 0.319 e. The van der Waals surface area contributed by atoms with Gasteiger partial charge in [-0.25, -0.2) is 4.79 Å². The normalized spacial score (nSPS) is 10.9. The van der Waals surface area contributed by atoms with Gasteiger partial charge < -0.3 is 16.0 Å². The molecule has 29 heavy (non-hydrogen) atoms. The molecule has 3 amide bonds. The topological polar surface area (TPSA) is 88.1 Å². The number of carbonyl (C=O) groups excluding carboxylic acids is 2. The number of hydrogen-bond acceptors (Lipinski definition) is 3. The molecule has 0 radical (unpaired) electrons. The van der Waals surface area contributed by atoms with Gasteiger partial charge in [-0.2, -0.15) is 5.10 Å². The number of halogens is 1. The molecule has 154 valence electrons. The summed E-state index contributed by atoms with van der Waals surface area (Å²) in [6, 6.07) is 6.48. The molecule has 0 spiro atoms. The largest absolute Gasteiger partial charge is 0.334 e.